The molecule has 2 aromatic rings. The summed E-state index contributed by atoms with van der Waals surface area (Å²) in [7, 11) is 1.64. The van der Waals surface area contributed by atoms with Gasteiger partial charge >= 0.3 is 0 Å². The van der Waals surface area contributed by atoms with E-state index in [0.29, 0.717) is 6.61 Å². The van der Waals surface area contributed by atoms with E-state index in [0.717, 1.165) is 40.3 Å². The van der Waals surface area contributed by atoms with Crippen LogP contribution in [0.1, 0.15) is 18.2 Å². The van der Waals surface area contributed by atoms with E-state index >= 15 is 0 Å². The molecule has 1 N–H and O–H groups in total. The molecular formula is C16H19BrN2O2. The first kappa shape index (κ1) is 15.8. The molecule has 21 heavy (non-hydrogen) atoms. The van der Waals surface area contributed by atoms with Crippen LogP contribution in [-0.4, -0.2) is 18.7 Å². The first-order valence-corrected chi connectivity index (χ1v) is 7.63. The number of pyridine rings is 1. The van der Waals surface area contributed by atoms with Crippen LogP contribution in [0.15, 0.2) is 41.0 Å². The van der Waals surface area contributed by atoms with Gasteiger partial charge in [-0.15, -0.1) is 0 Å². The van der Waals surface area contributed by atoms with Gasteiger partial charge in [-0.1, -0.05) is 6.07 Å². The number of hydrogen-bond donors (Lipinski definition) is 1. The van der Waals surface area contributed by atoms with Crippen LogP contribution < -0.4 is 14.8 Å². The Labute approximate surface area is 133 Å². The Balaban J connectivity index is 2.03. The Morgan fingerprint density at radius 1 is 1.24 bits per heavy atom. The van der Waals surface area contributed by atoms with Crippen LogP contribution in [0.25, 0.3) is 0 Å². The SMILES string of the molecule is CCOc1cc(CNCc2ccccn2)cc(Br)c1OC. The number of nitrogens with zero attached hydrogens (tertiary/aromatic N) is 1. The summed E-state index contributed by atoms with van der Waals surface area (Å²) in [6.07, 6.45) is 1.80. The minimum absolute atomic E-state index is 0.605. The van der Waals surface area contributed by atoms with Gasteiger partial charge in [0.05, 0.1) is 23.9 Å². The molecule has 0 unspecified atom stereocenters. The number of rotatable bonds is 7. The maximum Gasteiger partial charge on any atom is 0.174 e. The summed E-state index contributed by atoms with van der Waals surface area (Å²) in [4.78, 5) is 4.29. The summed E-state index contributed by atoms with van der Waals surface area (Å²) in [6.45, 7) is 4.03. The number of halogens is 1. The van der Waals surface area contributed by atoms with E-state index in [2.05, 4.69) is 26.2 Å². The topological polar surface area (TPSA) is 43.4 Å². The fourth-order valence-corrected chi connectivity index (χ4v) is 2.67. The molecular weight excluding hydrogens is 332 g/mol. The second-order valence-corrected chi connectivity index (χ2v) is 5.32. The number of benzene rings is 1. The third-order valence-corrected chi connectivity index (χ3v) is 3.52. The Bertz CT molecular complexity index is 576. The van der Waals surface area contributed by atoms with Gasteiger partial charge in [0, 0.05) is 19.3 Å². The van der Waals surface area contributed by atoms with Gasteiger partial charge in [0.2, 0.25) is 0 Å². The monoisotopic (exact) mass is 350 g/mol. The minimum atomic E-state index is 0.605. The fraction of sp³-hybridized carbons (Fsp3) is 0.312. The number of nitrogens with one attached hydrogen (secondary N) is 1. The lowest BCUT2D eigenvalue weighted by Crippen LogP contribution is -2.13. The van der Waals surface area contributed by atoms with Crippen LogP contribution in [0.5, 0.6) is 11.5 Å². The maximum atomic E-state index is 5.62. The molecule has 0 spiro atoms. The zero-order valence-corrected chi connectivity index (χ0v) is 13.8. The van der Waals surface area contributed by atoms with Crippen LogP contribution in [0, 0.1) is 0 Å². The van der Waals surface area contributed by atoms with E-state index in [-0.39, 0.29) is 0 Å². The summed E-state index contributed by atoms with van der Waals surface area (Å²) in [6, 6.07) is 9.94. The minimum Gasteiger partial charge on any atom is -0.492 e. The first-order valence-electron chi connectivity index (χ1n) is 6.84. The van der Waals surface area contributed by atoms with Crippen molar-refractivity contribution in [3.8, 4) is 11.5 Å². The van der Waals surface area contributed by atoms with E-state index < -0.39 is 0 Å². The summed E-state index contributed by atoms with van der Waals surface area (Å²) in [5.41, 5.74) is 2.15. The molecule has 0 aliphatic carbocycles. The van der Waals surface area contributed by atoms with Crippen molar-refractivity contribution in [2.24, 2.45) is 0 Å². The van der Waals surface area contributed by atoms with Crippen molar-refractivity contribution in [3.63, 3.8) is 0 Å². The molecule has 4 nitrogen and oxygen atoms in total. The van der Waals surface area contributed by atoms with Crippen LogP contribution in [-0.2, 0) is 13.1 Å². The molecule has 0 fully saturated rings. The van der Waals surface area contributed by atoms with Crippen molar-refractivity contribution in [1.82, 2.24) is 10.3 Å². The van der Waals surface area contributed by atoms with Crippen LogP contribution in [0.2, 0.25) is 0 Å². The van der Waals surface area contributed by atoms with Gasteiger partial charge in [-0.05, 0) is 52.7 Å². The van der Waals surface area contributed by atoms with Crippen LogP contribution in [0.3, 0.4) is 0 Å². The maximum absolute atomic E-state index is 5.62. The molecule has 1 aromatic heterocycles. The lowest BCUT2D eigenvalue weighted by Gasteiger charge is -2.13. The number of aromatic nitrogens is 1. The van der Waals surface area contributed by atoms with Crippen molar-refractivity contribution >= 4 is 15.9 Å². The molecule has 0 saturated heterocycles. The Hall–Kier alpha value is -1.59. The van der Waals surface area contributed by atoms with E-state index in [1.54, 1.807) is 13.3 Å². The standard InChI is InChI=1S/C16H19BrN2O2/c1-3-21-15-9-12(8-14(17)16(15)20-2)10-18-11-13-6-4-5-7-19-13/h4-9,18H,3,10-11H2,1-2H3. The largest absolute Gasteiger partial charge is 0.492 e. The average molecular weight is 351 g/mol. The van der Waals surface area contributed by atoms with Crippen LogP contribution >= 0.6 is 15.9 Å². The highest BCUT2D eigenvalue weighted by Gasteiger charge is 2.10. The molecule has 1 heterocycles. The molecule has 2 rings (SSSR count). The normalized spacial score (nSPS) is 10.4. The third-order valence-electron chi connectivity index (χ3n) is 2.93. The van der Waals surface area contributed by atoms with Crippen LogP contribution in [0.4, 0.5) is 0 Å². The zero-order chi connectivity index (χ0) is 15.1. The summed E-state index contributed by atoms with van der Waals surface area (Å²) >= 11 is 3.52. The van der Waals surface area contributed by atoms with Crippen molar-refractivity contribution in [1.29, 1.82) is 0 Å². The lowest BCUT2D eigenvalue weighted by molar-refractivity contribution is 0.309. The van der Waals surface area contributed by atoms with Gasteiger partial charge in [0.15, 0.2) is 11.5 Å². The first-order chi connectivity index (χ1) is 10.2. The molecule has 0 atom stereocenters. The highest BCUT2D eigenvalue weighted by molar-refractivity contribution is 9.10. The molecule has 0 amide bonds. The predicted octanol–water partition coefficient (Wildman–Crippen LogP) is 3.54. The van der Waals surface area contributed by atoms with Crippen molar-refractivity contribution < 1.29 is 9.47 Å². The van der Waals surface area contributed by atoms with Crippen molar-refractivity contribution in [3.05, 3.63) is 52.3 Å². The third kappa shape index (κ3) is 4.44. The second kappa shape index (κ2) is 8.00. The Kier molecular flexibility index (Phi) is 6.02. The van der Waals surface area contributed by atoms with Gasteiger partial charge < -0.3 is 14.8 Å². The number of ether oxygens (including phenoxy) is 2. The van der Waals surface area contributed by atoms with Gasteiger partial charge in [-0.25, -0.2) is 0 Å². The summed E-state index contributed by atoms with van der Waals surface area (Å²) < 4.78 is 11.9. The second-order valence-electron chi connectivity index (χ2n) is 4.47. The van der Waals surface area contributed by atoms with E-state index in [1.165, 1.54) is 0 Å². The van der Waals surface area contributed by atoms with Gasteiger partial charge in [-0.2, -0.15) is 0 Å². The van der Waals surface area contributed by atoms with Gasteiger partial charge in [0.1, 0.15) is 0 Å². The highest BCUT2D eigenvalue weighted by atomic mass is 79.9. The quantitative estimate of drug-likeness (QED) is 0.829. The smallest absolute Gasteiger partial charge is 0.174 e. The highest BCUT2D eigenvalue weighted by Crippen LogP contribution is 2.36. The average Bonchev–Trinajstić information content (AvgIpc) is 2.48. The lowest BCUT2D eigenvalue weighted by atomic mass is 10.2. The molecule has 0 aliphatic rings. The Morgan fingerprint density at radius 2 is 2.10 bits per heavy atom. The zero-order valence-electron chi connectivity index (χ0n) is 12.2. The van der Waals surface area contributed by atoms with Crippen molar-refractivity contribution in [2.75, 3.05) is 13.7 Å². The fourth-order valence-electron chi connectivity index (χ4n) is 2.02. The molecule has 5 heteroatoms. The number of methoxy groups -OCH3 is 1. The number of hydrogen-bond acceptors (Lipinski definition) is 4. The molecule has 0 bridgehead atoms. The summed E-state index contributed by atoms with van der Waals surface area (Å²) in [5, 5.41) is 3.37. The van der Waals surface area contributed by atoms with Gasteiger partial charge in [-0.3, -0.25) is 4.98 Å². The van der Waals surface area contributed by atoms with E-state index in [4.69, 9.17) is 9.47 Å². The Morgan fingerprint density at radius 3 is 2.76 bits per heavy atom. The molecule has 112 valence electrons. The molecule has 1 aromatic carbocycles. The van der Waals surface area contributed by atoms with Gasteiger partial charge in [0.25, 0.3) is 0 Å². The summed E-state index contributed by atoms with van der Waals surface area (Å²) in [5.74, 6) is 1.48. The molecule has 0 radical (unpaired) electrons. The molecule has 0 aliphatic heterocycles. The van der Waals surface area contributed by atoms with Crippen molar-refractivity contribution in [2.45, 2.75) is 20.0 Å². The molecule has 0 saturated carbocycles. The predicted molar refractivity (Wildman–Crippen MR) is 86.6 cm³/mol. The van der Waals surface area contributed by atoms with E-state index in [1.807, 2.05) is 37.3 Å². The van der Waals surface area contributed by atoms with E-state index in [9.17, 15) is 0 Å².